The maximum atomic E-state index is 14.0. The zero-order valence-corrected chi connectivity index (χ0v) is 12.7. The number of nitrogens with two attached hydrogens (primary N) is 1. The van der Waals surface area contributed by atoms with Crippen molar-refractivity contribution in [2.45, 2.75) is 39.5 Å². The molecule has 0 amide bonds. The lowest BCUT2D eigenvalue weighted by molar-refractivity contribution is 0.0527. The fourth-order valence-corrected chi connectivity index (χ4v) is 2.61. The molecule has 0 saturated heterocycles. The van der Waals surface area contributed by atoms with E-state index in [1.165, 1.54) is 25.0 Å². The molecule has 0 radical (unpaired) electrons. The molecule has 3 N–H and O–H groups in total. The number of halogens is 1. The van der Waals surface area contributed by atoms with E-state index >= 15 is 0 Å². The number of hydrogen-bond acceptors (Lipinski definition) is 4. The molecule has 4 nitrogen and oxygen atoms in total. The van der Waals surface area contributed by atoms with Crippen LogP contribution in [0.2, 0.25) is 0 Å². The van der Waals surface area contributed by atoms with E-state index in [9.17, 15) is 9.18 Å². The largest absolute Gasteiger partial charge is 0.462 e. The van der Waals surface area contributed by atoms with E-state index in [4.69, 9.17) is 10.5 Å². The fourth-order valence-electron chi connectivity index (χ4n) is 2.61. The molecule has 0 unspecified atom stereocenters. The molecule has 0 spiro atoms. The van der Waals surface area contributed by atoms with Gasteiger partial charge in [-0.05, 0) is 43.7 Å². The normalized spacial score (nSPS) is 15.6. The number of ether oxygens (including phenoxy) is 1. The second-order valence-electron chi connectivity index (χ2n) is 5.74. The summed E-state index contributed by atoms with van der Waals surface area (Å²) in [6.07, 6.45) is 4.62. The van der Waals surface area contributed by atoms with E-state index in [-0.39, 0.29) is 17.9 Å². The van der Waals surface area contributed by atoms with Crippen molar-refractivity contribution in [1.29, 1.82) is 0 Å². The number of carbonyl (C=O) groups is 1. The van der Waals surface area contributed by atoms with Gasteiger partial charge >= 0.3 is 5.97 Å². The summed E-state index contributed by atoms with van der Waals surface area (Å²) in [5, 5.41) is 3.13. The summed E-state index contributed by atoms with van der Waals surface area (Å²) in [5.74, 6) is -0.958. The Morgan fingerprint density at radius 3 is 2.71 bits per heavy atom. The topological polar surface area (TPSA) is 64.3 Å². The molecule has 1 aliphatic rings. The Balaban J connectivity index is 2.12. The van der Waals surface area contributed by atoms with E-state index in [1.54, 1.807) is 6.92 Å². The van der Waals surface area contributed by atoms with Gasteiger partial charge < -0.3 is 15.8 Å². The molecule has 0 bridgehead atoms. The summed E-state index contributed by atoms with van der Waals surface area (Å²) < 4.78 is 18.9. The first-order valence-electron chi connectivity index (χ1n) is 7.51. The predicted molar refractivity (Wildman–Crippen MR) is 81.8 cm³/mol. The van der Waals surface area contributed by atoms with E-state index < -0.39 is 11.8 Å². The Kier molecular flexibility index (Phi) is 4.70. The molecular formula is C16H23FN2O2. The Morgan fingerprint density at radius 2 is 2.14 bits per heavy atom. The number of carbonyl (C=O) groups excluding carboxylic acids is 1. The summed E-state index contributed by atoms with van der Waals surface area (Å²) >= 11 is 0. The van der Waals surface area contributed by atoms with Crippen molar-refractivity contribution in [2.24, 2.45) is 5.41 Å². The first-order chi connectivity index (χ1) is 10.0. The highest BCUT2D eigenvalue weighted by Crippen LogP contribution is 2.49. The number of anilines is 2. The van der Waals surface area contributed by atoms with E-state index in [1.807, 2.05) is 0 Å². The van der Waals surface area contributed by atoms with E-state index in [2.05, 4.69) is 12.2 Å². The van der Waals surface area contributed by atoms with Crippen molar-refractivity contribution in [3.63, 3.8) is 0 Å². The van der Waals surface area contributed by atoms with Gasteiger partial charge in [-0.25, -0.2) is 9.18 Å². The minimum absolute atomic E-state index is 0.103. The van der Waals surface area contributed by atoms with Gasteiger partial charge in [0.25, 0.3) is 0 Å². The number of rotatable bonds is 7. The molecule has 1 aromatic rings. The summed E-state index contributed by atoms with van der Waals surface area (Å²) in [5.41, 5.74) is 6.62. The summed E-state index contributed by atoms with van der Waals surface area (Å²) in [6, 6.07) is 2.62. The Labute approximate surface area is 124 Å². The Morgan fingerprint density at radius 1 is 1.43 bits per heavy atom. The number of hydrogen-bond donors (Lipinski definition) is 2. The smallest absolute Gasteiger partial charge is 0.340 e. The Hall–Kier alpha value is -1.78. The van der Waals surface area contributed by atoms with Crippen LogP contribution in [-0.2, 0) is 4.74 Å². The standard InChI is InChI=1S/C16H23FN2O2/c1-3-5-16(6-7-16)10-19-14-8-11(15(20)21-4-2)13(18)9-12(14)17/h8-9,19H,3-7,10,18H2,1-2H3. The van der Waals surface area contributed by atoms with E-state index in [0.717, 1.165) is 19.4 Å². The highest BCUT2D eigenvalue weighted by Gasteiger charge is 2.41. The first-order valence-corrected chi connectivity index (χ1v) is 7.51. The van der Waals surface area contributed by atoms with Crippen LogP contribution in [0.15, 0.2) is 12.1 Å². The van der Waals surface area contributed by atoms with Gasteiger partial charge in [-0.15, -0.1) is 0 Å². The lowest BCUT2D eigenvalue weighted by Crippen LogP contribution is -2.17. The van der Waals surface area contributed by atoms with Crippen LogP contribution >= 0.6 is 0 Å². The third kappa shape index (κ3) is 3.65. The molecule has 0 aromatic heterocycles. The van der Waals surface area contributed by atoms with Gasteiger partial charge in [-0.3, -0.25) is 0 Å². The molecule has 0 aliphatic heterocycles. The van der Waals surface area contributed by atoms with Gasteiger partial charge in [-0.2, -0.15) is 0 Å². The zero-order chi connectivity index (χ0) is 15.5. The van der Waals surface area contributed by atoms with Gasteiger partial charge in [0.05, 0.1) is 17.9 Å². The minimum atomic E-state index is -0.521. The van der Waals surface area contributed by atoms with Crippen molar-refractivity contribution < 1.29 is 13.9 Å². The highest BCUT2D eigenvalue weighted by atomic mass is 19.1. The maximum absolute atomic E-state index is 14.0. The number of esters is 1. The minimum Gasteiger partial charge on any atom is -0.462 e. The summed E-state index contributed by atoms with van der Waals surface area (Å²) in [7, 11) is 0. The highest BCUT2D eigenvalue weighted by molar-refractivity contribution is 5.96. The number of nitrogen functional groups attached to an aromatic ring is 1. The van der Waals surface area contributed by atoms with Crippen LogP contribution in [0.1, 0.15) is 49.9 Å². The first kappa shape index (κ1) is 15.6. The van der Waals surface area contributed by atoms with Crippen molar-refractivity contribution >= 4 is 17.3 Å². The Bertz CT molecular complexity index is 527. The average Bonchev–Trinajstić information content (AvgIpc) is 3.18. The second kappa shape index (κ2) is 6.33. The van der Waals surface area contributed by atoms with Crippen molar-refractivity contribution in [3.8, 4) is 0 Å². The van der Waals surface area contributed by atoms with E-state index in [0.29, 0.717) is 11.1 Å². The third-order valence-corrected chi connectivity index (χ3v) is 4.03. The van der Waals surface area contributed by atoms with Crippen LogP contribution in [0.25, 0.3) is 0 Å². The molecule has 1 fully saturated rings. The van der Waals surface area contributed by atoms with Crippen molar-refractivity contribution in [2.75, 3.05) is 24.2 Å². The molecule has 0 heterocycles. The zero-order valence-electron chi connectivity index (χ0n) is 12.7. The summed E-state index contributed by atoms with van der Waals surface area (Å²) in [6.45, 7) is 4.86. The van der Waals surface area contributed by atoms with Crippen LogP contribution in [-0.4, -0.2) is 19.1 Å². The van der Waals surface area contributed by atoms with Crippen LogP contribution in [0.3, 0.4) is 0 Å². The lowest BCUT2D eigenvalue weighted by Gasteiger charge is -2.17. The quantitative estimate of drug-likeness (QED) is 0.596. The molecule has 0 atom stereocenters. The average molecular weight is 294 g/mol. The van der Waals surface area contributed by atoms with Gasteiger partial charge in [-0.1, -0.05) is 13.3 Å². The molecule has 116 valence electrons. The predicted octanol–water partition coefficient (Wildman–Crippen LogP) is 3.58. The number of benzene rings is 1. The van der Waals surface area contributed by atoms with Crippen LogP contribution in [0.5, 0.6) is 0 Å². The molecule has 21 heavy (non-hydrogen) atoms. The van der Waals surface area contributed by atoms with Gasteiger partial charge in [0, 0.05) is 12.2 Å². The second-order valence-corrected chi connectivity index (χ2v) is 5.74. The van der Waals surface area contributed by atoms with Crippen molar-refractivity contribution in [1.82, 2.24) is 0 Å². The van der Waals surface area contributed by atoms with Crippen LogP contribution in [0, 0.1) is 11.2 Å². The molecule has 2 rings (SSSR count). The van der Waals surface area contributed by atoms with Gasteiger partial charge in [0.1, 0.15) is 5.82 Å². The monoisotopic (exact) mass is 294 g/mol. The molecule has 1 saturated carbocycles. The van der Waals surface area contributed by atoms with Gasteiger partial charge in [0.2, 0.25) is 0 Å². The van der Waals surface area contributed by atoms with Crippen LogP contribution < -0.4 is 11.1 Å². The van der Waals surface area contributed by atoms with Crippen molar-refractivity contribution in [3.05, 3.63) is 23.5 Å². The third-order valence-electron chi connectivity index (χ3n) is 4.03. The number of nitrogens with one attached hydrogen (secondary N) is 1. The van der Waals surface area contributed by atoms with Crippen LogP contribution in [0.4, 0.5) is 15.8 Å². The lowest BCUT2D eigenvalue weighted by atomic mass is 10.0. The molecule has 1 aromatic carbocycles. The molecule has 5 heteroatoms. The summed E-state index contributed by atoms with van der Waals surface area (Å²) in [4.78, 5) is 11.8. The van der Waals surface area contributed by atoms with Gasteiger partial charge in [0.15, 0.2) is 0 Å². The SMILES string of the molecule is CCCC1(CNc2cc(C(=O)OCC)c(N)cc2F)CC1. The maximum Gasteiger partial charge on any atom is 0.340 e. The molecular weight excluding hydrogens is 271 g/mol. The fraction of sp³-hybridized carbons (Fsp3) is 0.562. The molecule has 1 aliphatic carbocycles.